The van der Waals surface area contributed by atoms with Gasteiger partial charge in [-0.15, -0.1) is 0 Å². The van der Waals surface area contributed by atoms with Crippen molar-refractivity contribution >= 4 is 0 Å². The standard InChI is InChI=1S/C18H27NO/c1-17(2)7-9-18(20,10-8-17)13-19-16-11-14-5-3-4-6-15(14)12-16/h3-6,16,19-20H,7-13H2,1-2H3. The van der Waals surface area contributed by atoms with Crippen molar-refractivity contribution in [2.75, 3.05) is 6.54 Å². The zero-order valence-electron chi connectivity index (χ0n) is 12.8. The van der Waals surface area contributed by atoms with Crippen LogP contribution < -0.4 is 5.32 Å². The van der Waals surface area contributed by atoms with Crippen molar-refractivity contribution in [3.05, 3.63) is 35.4 Å². The second kappa shape index (κ2) is 5.16. The van der Waals surface area contributed by atoms with Crippen LogP contribution in [0.4, 0.5) is 0 Å². The highest BCUT2D eigenvalue weighted by molar-refractivity contribution is 5.33. The molecule has 0 spiro atoms. The first-order valence-electron chi connectivity index (χ1n) is 7.98. The Morgan fingerprint density at radius 1 is 1.05 bits per heavy atom. The molecule has 2 N–H and O–H groups in total. The van der Waals surface area contributed by atoms with Gasteiger partial charge in [0.15, 0.2) is 0 Å². The molecule has 3 rings (SSSR count). The summed E-state index contributed by atoms with van der Waals surface area (Å²) >= 11 is 0. The molecule has 2 nitrogen and oxygen atoms in total. The van der Waals surface area contributed by atoms with Crippen LogP contribution in [-0.2, 0) is 12.8 Å². The van der Waals surface area contributed by atoms with E-state index < -0.39 is 5.60 Å². The topological polar surface area (TPSA) is 32.3 Å². The lowest BCUT2D eigenvalue weighted by atomic mass is 9.71. The minimum atomic E-state index is -0.482. The Kier molecular flexibility index (Phi) is 3.64. The highest BCUT2D eigenvalue weighted by atomic mass is 16.3. The Balaban J connectivity index is 1.52. The minimum Gasteiger partial charge on any atom is -0.389 e. The first-order chi connectivity index (χ1) is 9.46. The number of aliphatic hydroxyl groups is 1. The van der Waals surface area contributed by atoms with Crippen LogP contribution in [0.25, 0.3) is 0 Å². The van der Waals surface area contributed by atoms with Crippen molar-refractivity contribution in [3.8, 4) is 0 Å². The van der Waals surface area contributed by atoms with Gasteiger partial charge < -0.3 is 10.4 Å². The third-order valence-corrected chi connectivity index (χ3v) is 5.31. The highest BCUT2D eigenvalue weighted by Gasteiger charge is 2.37. The molecule has 1 aromatic carbocycles. The summed E-state index contributed by atoms with van der Waals surface area (Å²) in [5.41, 5.74) is 2.88. The van der Waals surface area contributed by atoms with E-state index in [1.54, 1.807) is 0 Å². The molecule has 0 unspecified atom stereocenters. The molecule has 0 saturated heterocycles. The summed E-state index contributed by atoms with van der Waals surface area (Å²) in [5, 5.41) is 14.3. The van der Waals surface area contributed by atoms with E-state index in [9.17, 15) is 5.11 Å². The number of benzene rings is 1. The lowest BCUT2D eigenvalue weighted by Gasteiger charge is -2.40. The third kappa shape index (κ3) is 3.07. The van der Waals surface area contributed by atoms with Crippen LogP contribution in [-0.4, -0.2) is 23.3 Å². The number of hydrogen-bond acceptors (Lipinski definition) is 2. The normalized spacial score (nSPS) is 24.6. The van der Waals surface area contributed by atoms with Gasteiger partial charge in [0.05, 0.1) is 5.60 Å². The van der Waals surface area contributed by atoms with Gasteiger partial charge in [-0.25, -0.2) is 0 Å². The van der Waals surface area contributed by atoms with E-state index in [1.165, 1.54) is 11.1 Å². The fourth-order valence-electron chi connectivity index (χ4n) is 3.61. The lowest BCUT2D eigenvalue weighted by molar-refractivity contribution is -0.0258. The molecule has 0 radical (unpaired) electrons. The van der Waals surface area contributed by atoms with Gasteiger partial charge in [-0.2, -0.15) is 0 Å². The number of nitrogens with one attached hydrogen (secondary N) is 1. The van der Waals surface area contributed by atoms with Gasteiger partial charge in [0.1, 0.15) is 0 Å². The number of hydrogen-bond donors (Lipinski definition) is 2. The smallest absolute Gasteiger partial charge is 0.0772 e. The van der Waals surface area contributed by atoms with Crippen molar-refractivity contribution in [2.45, 2.75) is 64.0 Å². The summed E-state index contributed by atoms with van der Waals surface area (Å²) < 4.78 is 0. The molecule has 0 aliphatic heterocycles. The predicted octanol–water partition coefficient (Wildman–Crippen LogP) is 3.07. The maximum absolute atomic E-state index is 10.7. The summed E-state index contributed by atoms with van der Waals surface area (Å²) in [6.07, 6.45) is 6.36. The van der Waals surface area contributed by atoms with Crippen LogP contribution >= 0.6 is 0 Å². The van der Waals surface area contributed by atoms with Crippen LogP contribution in [0.2, 0.25) is 0 Å². The van der Waals surface area contributed by atoms with Crippen molar-refractivity contribution in [2.24, 2.45) is 5.41 Å². The first kappa shape index (κ1) is 14.1. The van der Waals surface area contributed by atoms with Gasteiger partial charge in [0, 0.05) is 12.6 Å². The molecule has 1 fully saturated rings. The highest BCUT2D eigenvalue weighted by Crippen LogP contribution is 2.40. The van der Waals surface area contributed by atoms with Crippen molar-refractivity contribution in [3.63, 3.8) is 0 Å². The maximum atomic E-state index is 10.7. The molecule has 2 aliphatic rings. The lowest BCUT2D eigenvalue weighted by Crippen LogP contribution is -2.48. The van der Waals surface area contributed by atoms with Gasteiger partial charge >= 0.3 is 0 Å². The van der Waals surface area contributed by atoms with Gasteiger partial charge in [-0.05, 0) is 55.1 Å². The van der Waals surface area contributed by atoms with E-state index in [-0.39, 0.29) is 0 Å². The monoisotopic (exact) mass is 273 g/mol. The first-order valence-corrected chi connectivity index (χ1v) is 7.98. The van der Waals surface area contributed by atoms with Crippen molar-refractivity contribution in [1.29, 1.82) is 0 Å². The number of rotatable bonds is 3. The van der Waals surface area contributed by atoms with E-state index in [1.807, 2.05) is 0 Å². The Morgan fingerprint density at radius 3 is 2.15 bits per heavy atom. The second-order valence-electron chi connectivity index (χ2n) is 7.64. The van der Waals surface area contributed by atoms with Crippen LogP contribution in [0.1, 0.15) is 50.7 Å². The number of fused-ring (bicyclic) bond motifs is 1. The summed E-state index contributed by atoms with van der Waals surface area (Å²) in [4.78, 5) is 0. The van der Waals surface area contributed by atoms with Crippen molar-refractivity contribution < 1.29 is 5.11 Å². The Bertz CT molecular complexity index is 445. The summed E-state index contributed by atoms with van der Waals surface area (Å²) in [7, 11) is 0. The minimum absolute atomic E-state index is 0.413. The summed E-state index contributed by atoms with van der Waals surface area (Å²) in [5.74, 6) is 0. The molecule has 0 atom stereocenters. The van der Waals surface area contributed by atoms with E-state index in [4.69, 9.17) is 0 Å². The van der Waals surface area contributed by atoms with Crippen molar-refractivity contribution in [1.82, 2.24) is 5.32 Å². The molecule has 20 heavy (non-hydrogen) atoms. The zero-order valence-corrected chi connectivity index (χ0v) is 12.8. The third-order valence-electron chi connectivity index (χ3n) is 5.31. The fraction of sp³-hybridized carbons (Fsp3) is 0.667. The molecule has 0 amide bonds. The average molecular weight is 273 g/mol. The van der Waals surface area contributed by atoms with Gasteiger partial charge in [-0.1, -0.05) is 38.1 Å². The van der Waals surface area contributed by atoms with Crippen LogP contribution in [0, 0.1) is 5.41 Å². The Morgan fingerprint density at radius 2 is 1.60 bits per heavy atom. The van der Waals surface area contributed by atoms with E-state index in [0.29, 0.717) is 11.5 Å². The SMILES string of the molecule is CC1(C)CCC(O)(CNC2Cc3ccccc3C2)CC1. The molecule has 1 aromatic rings. The van der Waals surface area contributed by atoms with Gasteiger partial charge in [0.25, 0.3) is 0 Å². The second-order valence-corrected chi connectivity index (χ2v) is 7.64. The molecular formula is C18H27NO. The largest absolute Gasteiger partial charge is 0.389 e. The molecule has 2 heteroatoms. The molecule has 0 heterocycles. The van der Waals surface area contributed by atoms with Crippen LogP contribution in [0.5, 0.6) is 0 Å². The zero-order chi connectivity index (χ0) is 14.2. The molecule has 0 aromatic heterocycles. The van der Waals surface area contributed by atoms with E-state index in [0.717, 1.165) is 45.1 Å². The van der Waals surface area contributed by atoms with Gasteiger partial charge in [-0.3, -0.25) is 0 Å². The molecular weight excluding hydrogens is 246 g/mol. The Hall–Kier alpha value is -0.860. The molecule has 110 valence electrons. The molecule has 1 saturated carbocycles. The quantitative estimate of drug-likeness (QED) is 0.887. The molecule has 0 bridgehead atoms. The van der Waals surface area contributed by atoms with E-state index >= 15 is 0 Å². The van der Waals surface area contributed by atoms with Crippen LogP contribution in [0.3, 0.4) is 0 Å². The maximum Gasteiger partial charge on any atom is 0.0772 e. The average Bonchev–Trinajstić information content (AvgIpc) is 2.84. The molecule has 2 aliphatic carbocycles. The summed E-state index contributed by atoms with van der Waals surface area (Å²) in [6.45, 7) is 5.38. The Labute approximate surface area is 122 Å². The van der Waals surface area contributed by atoms with E-state index in [2.05, 4.69) is 43.4 Å². The van der Waals surface area contributed by atoms with Gasteiger partial charge in [0.2, 0.25) is 0 Å². The summed E-state index contributed by atoms with van der Waals surface area (Å²) in [6, 6.07) is 9.21. The van der Waals surface area contributed by atoms with Crippen LogP contribution in [0.15, 0.2) is 24.3 Å². The fourth-order valence-corrected chi connectivity index (χ4v) is 3.61. The predicted molar refractivity (Wildman–Crippen MR) is 82.8 cm³/mol.